The van der Waals surface area contributed by atoms with Crippen LogP contribution in [-0.2, 0) is 16.8 Å². The number of aromatic amines is 1. The average molecular weight is 315 g/mol. The minimum Gasteiger partial charge on any atom is -0.384 e. The monoisotopic (exact) mass is 315 g/mol. The maximum atomic E-state index is 12.1. The Labute approximate surface area is 132 Å². The lowest BCUT2D eigenvalue weighted by atomic mass is 9.99. The molecule has 0 spiro atoms. The van der Waals surface area contributed by atoms with E-state index in [-0.39, 0.29) is 18.9 Å². The molecule has 1 atom stereocenters. The van der Waals surface area contributed by atoms with Gasteiger partial charge in [-0.2, -0.15) is 11.3 Å². The third-order valence-corrected chi connectivity index (χ3v) is 4.34. The van der Waals surface area contributed by atoms with Crippen LogP contribution < -0.4 is 5.32 Å². The molecule has 3 N–H and O–H groups in total. The number of fused-ring (bicyclic) bond motifs is 1. The van der Waals surface area contributed by atoms with E-state index in [1.54, 1.807) is 19.3 Å². The van der Waals surface area contributed by atoms with Gasteiger partial charge in [0.2, 0.25) is 5.91 Å². The number of nitrogens with one attached hydrogen (secondary N) is 2. The molecule has 6 heteroatoms. The Morgan fingerprint density at radius 2 is 2.36 bits per heavy atom. The van der Waals surface area contributed by atoms with Crippen molar-refractivity contribution >= 4 is 28.3 Å². The Balaban J connectivity index is 1.63. The molecule has 3 aromatic heterocycles. The van der Waals surface area contributed by atoms with Gasteiger partial charge in [-0.15, -0.1) is 0 Å². The zero-order chi connectivity index (χ0) is 15.6. The highest BCUT2D eigenvalue weighted by Gasteiger charge is 2.24. The van der Waals surface area contributed by atoms with Gasteiger partial charge in [0, 0.05) is 17.8 Å². The van der Waals surface area contributed by atoms with E-state index in [1.165, 1.54) is 11.3 Å². The van der Waals surface area contributed by atoms with Gasteiger partial charge >= 0.3 is 0 Å². The van der Waals surface area contributed by atoms with Crippen LogP contribution in [0.3, 0.4) is 0 Å². The highest BCUT2D eigenvalue weighted by molar-refractivity contribution is 7.08. The van der Waals surface area contributed by atoms with Crippen molar-refractivity contribution in [1.82, 2.24) is 15.3 Å². The molecule has 0 saturated carbocycles. The molecule has 1 unspecified atom stereocenters. The fraction of sp³-hybridized carbons (Fsp3) is 0.250. The van der Waals surface area contributed by atoms with E-state index in [9.17, 15) is 9.90 Å². The van der Waals surface area contributed by atoms with Gasteiger partial charge in [-0.05, 0) is 47.0 Å². The molecule has 0 aliphatic rings. The molecule has 3 rings (SSSR count). The largest absolute Gasteiger partial charge is 0.384 e. The fourth-order valence-corrected chi connectivity index (χ4v) is 3.12. The van der Waals surface area contributed by atoms with Crippen LogP contribution in [0.2, 0.25) is 0 Å². The molecule has 3 heterocycles. The van der Waals surface area contributed by atoms with Crippen molar-refractivity contribution in [2.75, 3.05) is 6.54 Å². The van der Waals surface area contributed by atoms with Gasteiger partial charge in [-0.3, -0.25) is 4.79 Å². The standard InChI is InChI=1S/C16H17N3O2S/c1-16(21,12-4-6-22-9-12)10-19-14(20)7-11-8-18-15-13(11)3-2-5-17-15/h2-6,8-9,21H,7,10H2,1H3,(H,17,18)(H,19,20). The molecule has 0 aliphatic carbocycles. The van der Waals surface area contributed by atoms with Crippen molar-refractivity contribution in [3.8, 4) is 0 Å². The molecular formula is C16H17N3O2S. The van der Waals surface area contributed by atoms with Gasteiger partial charge in [0.25, 0.3) is 0 Å². The lowest BCUT2D eigenvalue weighted by molar-refractivity contribution is -0.121. The third kappa shape index (κ3) is 3.03. The maximum absolute atomic E-state index is 12.1. The van der Waals surface area contributed by atoms with Crippen LogP contribution in [0.15, 0.2) is 41.4 Å². The number of rotatable bonds is 5. The number of pyridine rings is 1. The van der Waals surface area contributed by atoms with Crippen LogP contribution >= 0.6 is 11.3 Å². The zero-order valence-corrected chi connectivity index (χ0v) is 13.0. The predicted molar refractivity (Wildman–Crippen MR) is 86.7 cm³/mol. The Morgan fingerprint density at radius 3 is 3.14 bits per heavy atom. The summed E-state index contributed by atoms with van der Waals surface area (Å²) >= 11 is 1.52. The normalized spacial score (nSPS) is 13.9. The van der Waals surface area contributed by atoms with E-state index in [1.807, 2.05) is 29.0 Å². The number of carbonyl (C=O) groups is 1. The number of carbonyl (C=O) groups excluding carboxylic acids is 1. The van der Waals surface area contributed by atoms with E-state index >= 15 is 0 Å². The Kier molecular flexibility index (Phi) is 3.96. The molecule has 22 heavy (non-hydrogen) atoms. The van der Waals surface area contributed by atoms with Crippen molar-refractivity contribution in [3.05, 3.63) is 52.5 Å². The van der Waals surface area contributed by atoms with Crippen LogP contribution in [0.25, 0.3) is 11.0 Å². The summed E-state index contributed by atoms with van der Waals surface area (Å²) in [6.45, 7) is 1.88. The topological polar surface area (TPSA) is 78.0 Å². The zero-order valence-electron chi connectivity index (χ0n) is 12.2. The summed E-state index contributed by atoms with van der Waals surface area (Å²) in [5.41, 5.74) is 1.43. The molecule has 0 aromatic carbocycles. The number of aliphatic hydroxyl groups is 1. The molecule has 114 valence electrons. The number of nitrogens with zero attached hydrogens (tertiary/aromatic N) is 1. The minimum atomic E-state index is -1.06. The molecule has 5 nitrogen and oxygen atoms in total. The summed E-state index contributed by atoms with van der Waals surface area (Å²) in [5.74, 6) is -0.125. The molecular weight excluding hydrogens is 298 g/mol. The number of H-pyrrole nitrogens is 1. The first-order chi connectivity index (χ1) is 10.6. The van der Waals surface area contributed by atoms with Crippen molar-refractivity contribution in [2.24, 2.45) is 0 Å². The molecule has 0 aliphatic heterocycles. The quantitative estimate of drug-likeness (QED) is 0.675. The van der Waals surface area contributed by atoms with Crippen LogP contribution in [0.1, 0.15) is 18.1 Å². The molecule has 1 amide bonds. The van der Waals surface area contributed by atoms with Crippen molar-refractivity contribution in [2.45, 2.75) is 18.9 Å². The van der Waals surface area contributed by atoms with Crippen LogP contribution in [0.4, 0.5) is 0 Å². The van der Waals surface area contributed by atoms with Crippen molar-refractivity contribution < 1.29 is 9.90 Å². The summed E-state index contributed by atoms with van der Waals surface area (Å²) in [5, 5.41) is 17.9. The van der Waals surface area contributed by atoms with Crippen molar-refractivity contribution in [3.63, 3.8) is 0 Å². The van der Waals surface area contributed by atoms with Gasteiger partial charge in [0.1, 0.15) is 11.2 Å². The minimum absolute atomic E-state index is 0.125. The maximum Gasteiger partial charge on any atom is 0.224 e. The first kappa shape index (κ1) is 14.7. The van der Waals surface area contributed by atoms with Crippen LogP contribution in [0.5, 0.6) is 0 Å². The van der Waals surface area contributed by atoms with E-state index in [4.69, 9.17) is 0 Å². The first-order valence-electron chi connectivity index (χ1n) is 6.99. The van der Waals surface area contributed by atoms with E-state index in [0.29, 0.717) is 0 Å². The molecule has 0 fully saturated rings. The van der Waals surface area contributed by atoms with Gasteiger partial charge < -0.3 is 15.4 Å². The Hall–Kier alpha value is -2.18. The fourth-order valence-electron chi connectivity index (χ4n) is 2.34. The van der Waals surface area contributed by atoms with Gasteiger partial charge in [-0.1, -0.05) is 0 Å². The second-order valence-electron chi connectivity index (χ2n) is 5.45. The van der Waals surface area contributed by atoms with Gasteiger partial charge in [0.15, 0.2) is 0 Å². The second-order valence-corrected chi connectivity index (χ2v) is 6.23. The second kappa shape index (κ2) is 5.90. The molecule has 0 saturated heterocycles. The number of hydrogen-bond acceptors (Lipinski definition) is 4. The van der Waals surface area contributed by atoms with E-state index in [2.05, 4.69) is 15.3 Å². The van der Waals surface area contributed by atoms with Gasteiger partial charge in [0.05, 0.1) is 13.0 Å². The highest BCUT2D eigenvalue weighted by Crippen LogP contribution is 2.22. The summed E-state index contributed by atoms with van der Waals surface area (Å²) in [6, 6.07) is 5.64. The third-order valence-electron chi connectivity index (χ3n) is 3.66. The first-order valence-corrected chi connectivity index (χ1v) is 7.93. The summed E-state index contributed by atoms with van der Waals surface area (Å²) in [6.07, 6.45) is 3.76. The van der Waals surface area contributed by atoms with Gasteiger partial charge in [-0.25, -0.2) is 4.98 Å². The smallest absolute Gasteiger partial charge is 0.224 e. The lowest BCUT2D eigenvalue weighted by Crippen LogP contribution is -2.39. The molecule has 3 aromatic rings. The average Bonchev–Trinajstić information content (AvgIpc) is 3.16. The number of thiophene rings is 1. The Bertz CT molecular complexity index is 778. The van der Waals surface area contributed by atoms with Crippen LogP contribution in [0, 0.1) is 0 Å². The summed E-state index contributed by atoms with van der Waals surface area (Å²) < 4.78 is 0. The number of aromatic nitrogens is 2. The SMILES string of the molecule is CC(O)(CNC(=O)Cc1c[nH]c2ncccc12)c1ccsc1. The summed E-state index contributed by atoms with van der Waals surface area (Å²) in [4.78, 5) is 19.4. The van der Waals surface area contributed by atoms with E-state index in [0.717, 1.165) is 22.2 Å². The highest BCUT2D eigenvalue weighted by atomic mass is 32.1. The molecule has 0 radical (unpaired) electrons. The summed E-state index contributed by atoms with van der Waals surface area (Å²) in [7, 11) is 0. The van der Waals surface area contributed by atoms with Crippen molar-refractivity contribution in [1.29, 1.82) is 0 Å². The predicted octanol–water partition coefficient (Wildman–Crippen LogP) is 2.19. The number of amides is 1. The Morgan fingerprint density at radius 1 is 1.50 bits per heavy atom. The number of hydrogen-bond donors (Lipinski definition) is 3. The molecule has 0 bridgehead atoms. The lowest BCUT2D eigenvalue weighted by Gasteiger charge is -2.22. The van der Waals surface area contributed by atoms with Crippen LogP contribution in [-0.4, -0.2) is 27.5 Å². The van der Waals surface area contributed by atoms with E-state index < -0.39 is 5.60 Å².